The summed E-state index contributed by atoms with van der Waals surface area (Å²) in [7, 11) is -3.88. The van der Waals surface area contributed by atoms with Gasteiger partial charge < -0.3 is 10.2 Å². The van der Waals surface area contributed by atoms with E-state index in [1.807, 2.05) is 24.3 Å². The van der Waals surface area contributed by atoms with Crippen LogP contribution in [0.2, 0.25) is 5.02 Å². The Hall–Kier alpha value is -2.46. The third-order valence-corrected chi connectivity index (χ3v) is 6.96. The van der Waals surface area contributed by atoms with Crippen molar-refractivity contribution in [1.82, 2.24) is 14.5 Å². The first-order valence-corrected chi connectivity index (χ1v) is 12.2. The van der Waals surface area contributed by atoms with Gasteiger partial charge in [0.2, 0.25) is 21.8 Å². The molecule has 0 unspecified atom stereocenters. The van der Waals surface area contributed by atoms with Crippen LogP contribution in [0.5, 0.6) is 0 Å². The topological polar surface area (TPSA) is 98.8 Å². The van der Waals surface area contributed by atoms with Crippen molar-refractivity contribution >= 4 is 39.1 Å². The summed E-state index contributed by atoms with van der Waals surface area (Å²) in [5, 5.41) is 3.28. The highest BCUT2D eigenvalue weighted by molar-refractivity contribution is 7.89. The second-order valence-electron chi connectivity index (χ2n) is 7.78. The Morgan fingerprint density at radius 2 is 1.72 bits per heavy atom. The molecule has 1 atom stereocenters. The van der Waals surface area contributed by atoms with Gasteiger partial charge in [0.1, 0.15) is 0 Å². The van der Waals surface area contributed by atoms with Gasteiger partial charge in [-0.2, -0.15) is 4.72 Å². The van der Waals surface area contributed by atoms with Crippen LogP contribution in [0.25, 0.3) is 0 Å². The number of hydrogen-bond donors (Lipinski definition) is 2. The maximum atomic E-state index is 12.8. The van der Waals surface area contributed by atoms with Crippen LogP contribution < -0.4 is 10.0 Å². The Balaban J connectivity index is 1.53. The molecule has 0 saturated carbocycles. The van der Waals surface area contributed by atoms with Gasteiger partial charge in [0.15, 0.2) is 0 Å². The Labute approximate surface area is 193 Å². The molecule has 2 amide bonds. The highest BCUT2D eigenvalue weighted by Gasteiger charge is 2.28. The Morgan fingerprint density at radius 3 is 2.31 bits per heavy atom. The molecule has 172 valence electrons. The fourth-order valence-electron chi connectivity index (χ4n) is 3.57. The van der Waals surface area contributed by atoms with E-state index >= 15 is 0 Å². The third-order valence-electron chi connectivity index (χ3n) is 5.17. The van der Waals surface area contributed by atoms with Gasteiger partial charge in [0, 0.05) is 50.4 Å². The van der Waals surface area contributed by atoms with Gasteiger partial charge in [0.05, 0.1) is 10.9 Å². The second-order valence-corrected chi connectivity index (χ2v) is 9.93. The van der Waals surface area contributed by atoms with Crippen molar-refractivity contribution < 1.29 is 18.0 Å². The number of hydrogen-bond acceptors (Lipinski definition) is 5. The monoisotopic (exact) mass is 478 g/mol. The molecular weight excluding hydrogens is 452 g/mol. The molecule has 1 heterocycles. The molecule has 3 rings (SSSR count). The second kappa shape index (κ2) is 10.4. The maximum Gasteiger partial charge on any atom is 0.241 e. The summed E-state index contributed by atoms with van der Waals surface area (Å²) in [6, 6.07) is 12.6. The van der Waals surface area contributed by atoms with Gasteiger partial charge in [-0.15, -0.1) is 0 Å². The summed E-state index contributed by atoms with van der Waals surface area (Å²) < 4.78 is 27.8. The first-order chi connectivity index (χ1) is 15.1. The van der Waals surface area contributed by atoms with E-state index in [-0.39, 0.29) is 16.7 Å². The number of halogens is 1. The van der Waals surface area contributed by atoms with Crippen molar-refractivity contribution in [2.24, 2.45) is 0 Å². The van der Waals surface area contributed by atoms with Crippen LogP contribution in [0.1, 0.15) is 19.4 Å². The molecule has 0 bridgehead atoms. The Bertz CT molecular complexity index is 1070. The molecule has 10 heteroatoms. The van der Waals surface area contributed by atoms with Crippen molar-refractivity contribution in [2.45, 2.75) is 31.3 Å². The van der Waals surface area contributed by atoms with Gasteiger partial charge in [0.25, 0.3) is 0 Å². The smallest absolute Gasteiger partial charge is 0.241 e. The highest BCUT2D eigenvalue weighted by Crippen LogP contribution is 2.16. The van der Waals surface area contributed by atoms with Crippen LogP contribution in [0.3, 0.4) is 0 Å². The first kappa shape index (κ1) is 24.2. The zero-order valence-corrected chi connectivity index (χ0v) is 19.6. The highest BCUT2D eigenvalue weighted by atomic mass is 35.5. The molecule has 0 radical (unpaired) electrons. The molecule has 1 saturated heterocycles. The standard InChI is InChI=1S/C22H27ClN4O4S/c1-16(25-32(30,31)21-8-6-20(7-9-21)24-17(2)28)22(29)27-12-10-26(11-13-27)15-18-4-3-5-19(23)14-18/h3-9,14,16,25H,10-13,15H2,1-2H3,(H,24,28)/t16-/m0/s1. The molecule has 0 aromatic heterocycles. The lowest BCUT2D eigenvalue weighted by Crippen LogP contribution is -2.53. The lowest BCUT2D eigenvalue weighted by atomic mass is 10.2. The van der Waals surface area contributed by atoms with E-state index in [0.29, 0.717) is 36.9 Å². The average Bonchev–Trinajstić information content (AvgIpc) is 2.73. The number of anilines is 1. The average molecular weight is 479 g/mol. The van der Waals surface area contributed by atoms with Crippen molar-refractivity contribution in [3.05, 3.63) is 59.1 Å². The van der Waals surface area contributed by atoms with Crippen LogP contribution in [-0.2, 0) is 26.2 Å². The van der Waals surface area contributed by atoms with Gasteiger partial charge in [-0.25, -0.2) is 8.42 Å². The predicted molar refractivity (Wildman–Crippen MR) is 124 cm³/mol. The minimum Gasteiger partial charge on any atom is -0.339 e. The fraction of sp³-hybridized carbons (Fsp3) is 0.364. The molecule has 0 spiro atoms. The van der Waals surface area contributed by atoms with Gasteiger partial charge in [-0.3, -0.25) is 14.5 Å². The SMILES string of the molecule is CC(=O)Nc1ccc(S(=O)(=O)N[C@@H](C)C(=O)N2CCN(Cc3cccc(Cl)c3)CC2)cc1. The molecule has 1 fully saturated rings. The fourth-order valence-corrected chi connectivity index (χ4v) is 4.98. The molecule has 1 aliphatic heterocycles. The van der Waals surface area contributed by atoms with E-state index in [0.717, 1.165) is 12.1 Å². The van der Waals surface area contributed by atoms with Crippen molar-refractivity contribution in [3.63, 3.8) is 0 Å². The minimum absolute atomic E-state index is 0.0255. The minimum atomic E-state index is -3.88. The zero-order valence-electron chi connectivity index (χ0n) is 18.0. The predicted octanol–water partition coefficient (Wildman–Crippen LogP) is 2.31. The summed E-state index contributed by atoms with van der Waals surface area (Å²) in [5.41, 5.74) is 1.61. The largest absolute Gasteiger partial charge is 0.339 e. The van der Waals surface area contributed by atoms with Crippen LogP contribution in [0.4, 0.5) is 5.69 Å². The van der Waals surface area contributed by atoms with Crippen LogP contribution in [0.15, 0.2) is 53.4 Å². The van der Waals surface area contributed by atoms with Gasteiger partial charge in [-0.05, 0) is 48.9 Å². The van der Waals surface area contributed by atoms with Crippen molar-refractivity contribution in [3.8, 4) is 0 Å². The summed E-state index contributed by atoms with van der Waals surface area (Å²) in [6.45, 7) is 6.11. The molecule has 32 heavy (non-hydrogen) atoms. The van der Waals surface area contributed by atoms with Crippen LogP contribution in [0, 0.1) is 0 Å². The maximum absolute atomic E-state index is 12.8. The lowest BCUT2D eigenvalue weighted by Gasteiger charge is -2.36. The lowest BCUT2D eigenvalue weighted by molar-refractivity contribution is -0.134. The third kappa shape index (κ3) is 6.52. The molecule has 2 aromatic rings. The van der Waals surface area contributed by atoms with E-state index in [2.05, 4.69) is 14.9 Å². The number of rotatable bonds is 7. The normalized spacial score (nSPS) is 15.9. The number of nitrogens with one attached hydrogen (secondary N) is 2. The Morgan fingerprint density at radius 1 is 1.06 bits per heavy atom. The summed E-state index contributed by atoms with van der Waals surface area (Å²) in [4.78, 5) is 27.9. The number of sulfonamides is 1. The molecule has 2 N–H and O–H groups in total. The number of amides is 2. The quantitative estimate of drug-likeness (QED) is 0.636. The summed E-state index contributed by atoms with van der Waals surface area (Å²) >= 11 is 6.04. The first-order valence-electron chi connectivity index (χ1n) is 10.3. The van der Waals surface area contributed by atoms with Crippen LogP contribution in [-0.4, -0.2) is 62.3 Å². The van der Waals surface area contributed by atoms with E-state index < -0.39 is 16.1 Å². The van der Waals surface area contributed by atoms with Gasteiger partial charge >= 0.3 is 0 Å². The van der Waals surface area contributed by atoms with Gasteiger partial charge in [-0.1, -0.05) is 23.7 Å². The molecular formula is C22H27ClN4O4S. The number of piperazine rings is 1. The molecule has 1 aliphatic rings. The molecule has 2 aromatic carbocycles. The van der Waals surface area contributed by atoms with Crippen molar-refractivity contribution in [2.75, 3.05) is 31.5 Å². The molecule has 0 aliphatic carbocycles. The van der Waals surface area contributed by atoms with E-state index in [1.165, 1.54) is 31.2 Å². The summed E-state index contributed by atoms with van der Waals surface area (Å²) in [6.07, 6.45) is 0. The number of benzene rings is 2. The Kier molecular flexibility index (Phi) is 7.89. The van der Waals surface area contributed by atoms with E-state index in [9.17, 15) is 18.0 Å². The summed E-state index contributed by atoms with van der Waals surface area (Å²) in [5.74, 6) is -0.503. The zero-order chi connectivity index (χ0) is 23.3. The van der Waals surface area contributed by atoms with Crippen LogP contribution >= 0.6 is 11.6 Å². The number of nitrogens with zero attached hydrogens (tertiary/aromatic N) is 2. The molecule has 8 nitrogen and oxygen atoms in total. The number of carbonyl (C=O) groups excluding carboxylic acids is 2. The van der Waals surface area contributed by atoms with E-state index in [1.54, 1.807) is 11.8 Å². The number of carbonyl (C=O) groups is 2. The van der Waals surface area contributed by atoms with Crippen molar-refractivity contribution in [1.29, 1.82) is 0 Å². The van der Waals surface area contributed by atoms with E-state index in [4.69, 9.17) is 11.6 Å².